The van der Waals surface area contributed by atoms with Gasteiger partial charge in [0.15, 0.2) is 5.96 Å². The van der Waals surface area contributed by atoms with Crippen LogP contribution in [-0.4, -0.2) is 181 Å². The Morgan fingerprint density at radius 2 is 1.19 bits per heavy atom. The zero-order valence-electron chi connectivity index (χ0n) is 52.1. The van der Waals surface area contributed by atoms with Gasteiger partial charge in [0.2, 0.25) is 59.1 Å². The van der Waals surface area contributed by atoms with Gasteiger partial charge in [0.05, 0.1) is 12.9 Å². The molecule has 10 amide bonds. The molecule has 0 saturated carbocycles. The summed E-state index contributed by atoms with van der Waals surface area (Å²) in [5.41, 5.74) is 14.6. The van der Waals surface area contributed by atoms with E-state index in [0.717, 1.165) is 0 Å². The standard InChI is InChI=1S/C64H83N17O12/c1-4-68-62(92)53-16-10-24-81(53)63(93)46(15-9-23-69-64(65)66)74-56(86)47(25-35(2)3)75-58(88)49(27-37-30-70-43-13-7-5-11-41(37)43)77-57(87)48(26-36-17-19-40(83)20-18-36)76-61(91)52(33-82)80-59(89)50(28-38-31-71-44-14-8-6-12-42(38)44)78-60(90)51(29-39-32-67-34-72-39)79-55(85)45-21-22-54(84)73-45/h5-8,11-14,17-20,30-32,34-35,45-53,70-71,82-83H,4,9-10,15-16,21-29,33H2,1-3H3,(H,67,72)(H,68,92)(H,73,84)(H,74,86)(H,75,88)(H,76,91)(H,77,87)(H,78,90)(H,79,85)(H,80,89)(H4,65,66,69)/t45-,46-,47+,48-,49+,50-,51-,52-,53-/m0/s1. The monoisotopic (exact) mass is 1280 g/mol. The van der Waals surface area contributed by atoms with E-state index in [4.69, 9.17) is 11.5 Å². The van der Waals surface area contributed by atoms with Gasteiger partial charge in [-0.1, -0.05) is 62.4 Å². The number of phenolic OH excluding ortho intramolecular Hbond substituents is 1. The molecular weight excluding hydrogens is 1200 g/mol. The van der Waals surface area contributed by atoms with E-state index in [1.54, 1.807) is 43.6 Å². The smallest absolute Gasteiger partial charge is 0.245 e. The van der Waals surface area contributed by atoms with Crippen molar-refractivity contribution < 1.29 is 58.2 Å². The zero-order valence-corrected chi connectivity index (χ0v) is 52.1. The highest BCUT2D eigenvalue weighted by Gasteiger charge is 2.40. The number of nitrogens with two attached hydrogens (primary N) is 2. The van der Waals surface area contributed by atoms with Crippen LogP contribution in [0.25, 0.3) is 21.8 Å². The fourth-order valence-corrected chi connectivity index (χ4v) is 11.5. The molecule has 3 aromatic carbocycles. The number of benzene rings is 3. The van der Waals surface area contributed by atoms with E-state index in [0.29, 0.717) is 63.6 Å². The third-order valence-electron chi connectivity index (χ3n) is 16.3. The molecule has 3 aromatic heterocycles. The van der Waals surface area contributed by atoms with Crippen molar-refractivity contribution in [1.82, 2.24) is 72.7 Å². The number of phenols is 1. The van der Waals surface area contributed by atoms with Gasteiger partial charge in [-0.05, 0) is 92.3 Å². The SMILES string of the molecule is CCNC(=O)[C@@H]1CCCN1C(=O)[C@H](CCCN=C(N)N)NC(=O)[C@@H](CC(C)C)NC(=O)[C@@H](Cc1c[nH]c2ccccc12)NC(=O)[C@H](Cc1ccc(O)cc1)NC(=O)[C@H](CO)NC(=O)[C@H](Cc1c[nH]c2ccccc12)NC(=O)[C@H](Cc1cnc[nH]1)NC(=O)[C@@H]1CCC(=O)N1. The number of carbonyl (C=O) groups is 10. The first-order chi connectivity index (χ1) is 44.7. The van der Waals surface area contributed by atoms with E-state index in [1.807, 2.05) is 38.1 Å². The van der Waals surface area contributed by atoms with Crippen molar-refractivity contribution >= 4 is 86.8 Å². The molecule has 2 aliphatic rings. The molecule has 0 radical (unpaired) electrons. The molecule has 5 heterocycles. The maximum Gasteiger partial charge on any atom is 0.245 e. The van der Waals surface area contributed by atoms with Gasteiger partial charge >= 0.3 is 0 Å². The number of para-hydroxylation sites is 2. The molecule has 2 fully saturated rings. The fourth-order valence-electron chi connectivity index (χ4n) is 11.5. The number of H-pyrrole nitrogens is 3. The van der Waals surface area contributed by atoms with Gasteiger partial charge < -0.3 is 89.4 Å². The van der Waals surface area contributed by atoms with Gasteiger partial charge in [0, 0.05) is 97.8 Å². The third-order valence-corrected chi connectivity index (χ3v) is 16.3. The highest BCUT2D eigenvalue weighted by atomic mass is 16.3. The number of hydrogen-bond acceptors (Lipinski definition) is 14. The van der Waals surface area contributed by atoms with Crippen LogP contribution in [0.4, 0.5) is 0 Å². The van der Waals surface area contributed by atoms with Crippen molar-refractivity contribution in [3.8, 4) is 5.75 Å². The van der Waals surface area contributed by atoms with Crippen LogP contribution in [0.3, 0.4) is 0 Å². The van der Waals surface area contributed by atoms with E-state index >= 15 is 9.59 Å². The average molecular weight is 1280 g/mol. The van der Waals surface area contributed by atoms with E-state index in [9.17, 15) is 48.6 Å². The summed E-state index contributed by atoms with van der Waals surface area (Å²) in [6.07, 6.45) is 7.10. The number of aromatic nitrogens is 4. The lowest BCUT2D eigenvalue weighted by atomic mass is 9.99. The largest absolute Gasteiger partial charge is 0.508 e. The number of hydrogen-bond donors (Lipinski definition) is 16. The number of aliphatic imine (C=N–C) groups is 1. The zero-order chi connectivity index (χ0) is 66.7. The lowest BCUT2D eigenvalue weighted by Crippen LogP contribution is -2.61. The summed E-state index contributed by atoms with van der Waals surface area (Å²) in [4.78, 5) is 160. The van der Waals surface area contributed by atoms with Crippen molar-refractivity contribution in [2.75, 3.05) is 26.2 Å². The highest BCUT2D eigenvalue weighted by molar-refractivity contribution is 6.00. The molecule has 29 nitrogen and oxygen atoms in total. The number of amides is 10. The minimum absolute atomic E-state index is 0.0647. The topological polar surface area (TPSA) is 447 Å². The lowest BCUT2D eigenvalue weighted by molar-refractivity contribution is -0.142. The quantitative estimate of drug-likeness (QED) is 0.0140. The fraction of sp³-hybridized carbons (Fsp3) is 0.438. The molecule has 18 N–H and O–H groups in total. The van der Waals surface area contributed by atoms with Crippen LogP contribution in [0, 0.1) is 5.92 Å². The molecule has 2 aliphatic heterocycles. The Hall–Kier alpha value is -10.3. The van der Waals surface area contributed by atoms with Crippen molar-refractivity contribution in [1.29, 1.82) is 0 Å². The van der Waals surface area contributed by atoms with Gasteiger partial charge in [0.1, 0.15) is 60.1 Å². The Labute approximate surface area is 536 Å². The predicted molar refractivity (Wildman–Crippen MR) is 343 cm³/mol. The Balaban J connectivity index is 1.05. The van der Waals surface area contributed by atoms with Crippen LogP contribution < -0.4 is 59.3 Å². The van der Waals surface area contributed by atoms with Crippen molar-refractivity contribution in [2.24, 2.45) is 22.4 Å². The highest BCUT2D eigenvalue weighted by Crippen LogP contribution is 2.24. The Bertz CT molecular complexity index is 3640. The summed E-state index contributed by atoms with van der Waals surface area (Å²) in [6.45, 7) is 5.14. The Morgan fingerprint density at radius 3 is 1.73 bits per heavy atom. The van der Waals surface area contributed by atoms with Gasteiger partial charge in [0.25, 0.3) is 0 Å². The first-order valence-corrected chi connectivity index (χ1v) is 31.2. The van der Waals surface area contributed by atoms with E-state index in [2.05, 4.69) is 72.8 Å². The van der Waals surface area contributed by atoms with E-state index in [1.165, 1.54) is 41.7 Å². The molecule has 29 heteroatoms. The number of likely N-dealkylation sites (N-methyl/N-ethyl adjacent to an activating group) is 1. The summed E-state index contributed by atoms with van der Waals surface area (Å²) >= 11 is 0. The molecule has 8 rings (SSSR count). The van der Waals surface area contributed by atoms with E-state index < -0.39 is 108 Å². The normalized spacial score (nSPS) is 16.8. The number of nitrogens with zero attached hydrogens (tertiary/aromatic N) is 3. The molecular formula is C64H83N17O12. The van der Waals surface area contributed by atoms with Crippen LogP contribution in [0.1, 0.15) is 88.1 Å². The van der Waals surface area contributed by atoms with E-state index in [-0.39, 0.29) is 100 Å². The number of guanidine groups is 1. The predicted octanol–water partition coefficient (Wildman–Crippen LogP) is -0.760. The van der Waals surface area contributed by atoms with Crippen molar-refractivity contribution in [2.45, 2.75) is 146 Å². The molecule has 2 saturated heterocycles. The summed E-state index contributed by atoms with van der Waals surface area (Å²) in [6, 6.07) is 8.42. The van der Waals surface area contributed by atoms with Gasteiger partial charge in [-0.15, -0.1) is 0 Å². The first kappa shape index (κ1) is 68.6. The first-order valence-electron chi connectivity index (χ1n) is 31.2. The number of imidazole rings is 1. The summed E-state index contributed by atoms with van der Waals surface area (Å²) in [5.74, 6) is -7.58. The Kier molecular flexibility index (Phi) is 24.1. The molecule has 0 aliphatic carbocycles. The number of nitrogens with one attached hydrogen (secondary N) is 12. The minimum atomic E-state index is -1.78. The van der Waals surface area contributed by atoms with Gasteiger partial charge in [-0.2, -0.15) is 0 Å². The molecule has 0 bridgehead atoms. The summed E-state index contributed by atoms with van der Waals surface area (Å²) < 4.78 is 0. The second kappa shape index (κ2) is 32.6. The molecule has 6 aromatic rings. The van der Waals surface area contributed by atoms with Crippen molar-refractivity contribution in [3.05, 3.63) is 120 Å². The van der Waals surface area contributed by atoms with Crippen LogP contribution in [0.2, 0.25) is 0 Å². The maximum absolute atomic E-state index is 15.1. The molecule has 0 unspecified atom stereocenters. The van der Waals surface area contributed by atoms with Crippen molar-refractivity contribution in [3.63, 3.8) is 0 Å². The number of fused-ring (bicyclic) bond motifs is 2. The maximum atomic E-state index is 15.1. The Morgan fingerprint density at radius 1 is 0.656 bits per heavy atom. The summed E-state index contributed by atoms with van der Waals surface area (Å²) in [7, 11) is 0. The lowest BCUT2D eigenvalue weighted by Gasteiger charge is -2.30. The number of aliphatic hydroxyl groups excluding tert-OH is 1. The molecule has 496 valence electrons. The molecule has 0 spiro atoms. The molecule has 9 atom stereocenters. The minimum Gasteiger partial charge on any atom is -0.508 e. The number of aromatic hydroxyl groups is 1. The number of aromatic amines is 3. The van der Waals surface area contributed by atoms with Gasteiger partial charge in [-0.25, -0.2) is 4.98 Å². The number of rotatable bonds is 32. The van der Waals surface area contributed by atoms with Crippen LogP contribution in [0.5, 0.6) is 5.75 Å². The second-order valence-corrected chi connectivity index (χ2v) is 23.7. The number of aliphatic hydroxyl groups is 1. The number of likely N-dealkylation sites (tertiary alicyclic amines) is 1. The third kappa shape index (κ3) is 18.9. The van der Waals surface area contributed by atoms with Crippen LogP contribution >= 0.6 is 0 Å². The molecule has 93 heavy (non-hydrogen) atoms. The average Bonchev–Trinajstić information content (AvgIpc) is 1.82. The van der Waals surface area contributed by atoms with Crippen LogP contribution in [-0.2, 0) is 73.6 Å². The van der Waals surface area contributed by atoms with Crippen LogP contribution in [0.15, 0.2) is 103 Å². The second-order valence-electron chi connectivity index (χ2n) is 23.7. The van der Waals surface area contributed by atoms with Gasteiger partial charge in [-0.3, -0.25) is 52.9 Å². The summed E-state index contributed by atoms with van der Waals surface area (Å²) in [5, 5.41) is 47.0. The number of carbonyl (C=O) groups excluding carboxylic acids is 10.